The van der Waals surface area contributed by atoms with Crippen LogP contribution in [0.3, 0.4) is 0 Å². The van der Waals surface area contributed by atoms with Crippen LogP contribution < -0.4 is 5.32 Å². The van der Waals surface area contributed by atoms with Crippen LogP contribution in [0.25, 0.3) is 0 Å². The third-order valence-electron chi connectivity index (χ3n) is 4.62. The number of hydrogen-bond acceptors (Lipinski definition) is 3. The molecule has 1 aromatic carbocycles. The van der Waals surface area contributed by atoms with Crippen molar-refractivity contribution in [3.63, 3.8) is 0 Å². The van der Waals surface area contributed by atoms with Crippen LogP contribution in [0.5, 0.6) is 0 Å². The predicted molar refractivity (Wildman–Crippen MR) is 93.7 cm³/mol. The van der Waals surface area contributed by atoms with Gasteiger partial charge in [0.1, 0.15) is 0 Å². The van der Waals surface area contributed by atoms with Gasteiger partial charge in [-0.1, -0.05) is 30.3 Å². The number of ether oxygens (including phenoxy) is 1. The van der Waals surface area contributed by atoms with E-state index in [4.69, 9.17) is 4.74 Å². The topological polar surface area (TPSA) is 41.6 Å². The first kappa shape index (κ1) is 18.2. The van der Waals surface area contributed by atoms with E-state index in [0.717, 1.165) is 51.9 Å². The fraction of sp³-hybridized carbons (Fsp3) is 0.611. The number of carbonyl (C=O) groups is 1. The first-order valence-corrected chi connectivity index (χ1v) is 8.48. The van der Waals surface area contributed by atoms with E-state index in [1.165, 1.54) is 5.56 Å². The Balaban J connectivity index is 0.00000192. The smallest absolute Gasteiger partial charge is 0.227 e. The number of halogens is 1. The number of hydrogen-bond donors (Lipinski definition) is 1. The van der Waals surface area contributed by atoms with Crippen LogP contribution in [0.4, 0.5) is 0 Å². The van der Waals surface area contributed by atoms with Crippen LogP contribution in [0, 0.1) is 5.92 Å². The van der Waals surface area contributed by atoms with Gasteiger partial charge >= 0.3 is 0 Å². The quantitative estimate of drug-likeness (QED) is 0.897. The van der Waals surface area contributed by atoms with E-state index in [9.17, 15) is 4.79 Å². The molecule has 2 fully saturated rings. The van der Waals surface area contributed by atoms with Crippen molar-refractivity contribution in [2.24, 2.45) is 5.92 Å². The first-order chi connectivity index (χ1) is 10.8. The Hall–Kier alpha value is -1.10. The van der Waals surface area contributed by atoms with Crippen molar-refractivity contribution in [2.45, 2.75) is 38.3 Å². The van der Waals surface area contributed by atoms with Crippen LogP contribution in [0.1, 0.15) is 31.2 Å². The Morgan fingerprint density at radius 1 is 1.22 bits per heavy atom. The summed E-state index contributed by atoms with van der Waals surface area (Å²) in [4.78, 5) is 14.9. The maximum atomic E-state index is 12.9. The van der Waals surface area contributed by atoms with Gasteiger partial charge in [-0.05, 0) is 37.8 Å². The average Bonchev–Trinajstić information content (AvgIpc) is 3.08. The minimum atomic E-state index is 0. The van der Waals surface area contributed by atoms with Crippen molar-refractivity contribution < 1.29 is 9.53 Å². The van der Waals surface area contributed by atoms with Crippen molar-refractivity contribution in [1.29, 1.82) is 0 Å². The molecule has 3 rings (SSSR count). The fourth-order valence-corrected chi connectivity index (χ4v) is 3.39. The van der Waals surface area contributed by atoms with Gasteiger partial charge in [0, 0.05) is 26.2 Å². The molecule has 128 valence electrons. The fourth-order valence-electron chi connectivity index (χ4n) is 3.39. The molecule has 2 aliphatic rings. The summed E-state index contributed by atoms with van der Waals surface area (Å²) in [7, 11) is 0. The molecule has 2 atom stereocenters. The highest BCUT2D eigenvalue weighted by atomic mass is 35.5. The molecule has 0 bridgehead atoms. The monoisotopic (exact) mass is 338 g/mol. The molecular weight excluding hydrogens is 312 g/mol. The number of rotatable bonds is 5. The highest BCUT2D eigenvalue weighted by molar-refractivity contribution is 5.85. The van der Waals surface area contributed by atoms with E-state index in [-0.39, 0.29) is 30.3 Å². The first-order valence-electron chi connectivity index (χ1n) is 8.48. The zero-order valence-electron chi connectivity index (χ0n) is 13.6. The van der Waals surface area contributed by atoms with E-state index >= 15 is 0 Å². The van der Waals surface area contributed by atoms with E-state index in [0.29, 0.717) is 6.54 Å². The Bertz CT molecular complexity index is 471. The minimum absolute atomic E-state index is 0. The number of nitrogens with zero attached hydrogens (tertiary/aromatic N) is 1. The van der Waals surface area contributed by atoms with E-state index < -0.39 is 0 Å². The molecule has 0 aromatic heterocycles. The maximum absolute atomic E-state index is 12.9. The van der Waals surface area contributed by atoms with Gasteiger partial charge in [0.15, 0.2) is 0 Å². The minimum Gasteiger partial charge on any atom is -0.376 e. The van der Waals surface area contributed by atoms with Crippen LogP contribution >= 0.6 is 12.4 Å². The van der Waals surface area contributed by atoms with E-state index in [1.54, 1.807) is 0 Å². The highest BCUT2D eigenvalue weighted by Gasteiger charge is 2.28. The molecule has 2 aliphatic heterocycles. The average molecular weight is 339 g/mol. The summed E-state index contributed by atoms with van der Waals surface area (Å²) in [6.07, 6.45) is 4.49. The van der Waals surface area contributed by atoms with Gasteiger partial charge in [-0.2, -0.15) is 0 Å². The number of carbonyl (C=O) groups excluding carboxylic acids is 1. The molecule has 1 N–H and O–H groups in total. The third kappa shape index (κ3) is 5.20. The molecule has 0 aliphatic carbocycles. The molecular formula is C18H27ClN2O2. The molecule has 23 heavy (non-hydrogen) atoms. The summed E-state index contributed by atoms with van der Waals surface area (Å²) in [5.74, 6) is 0.408. The summed E-state index contributed by atoms with van der Waals surface area (Å²) >= 11 is 0. The van der Waals surface area contributed by atoms with Gasteiger partial charge in [0.25, 0.3) is 0 Å². The molecule has 2 unspecified atom stereocenters. The van der Waals surface area contributed by atoms with Crippen LogP contribution in [0.2, 0.25) is 0 Å². The Morgan fingerprint density at radius 2 is 2.04 bits per heavy atom. The van der Waals surface area contributed by atoms with Crippen molar-refractivity contribution in [3.8, 4) is 0 Å². The van der Waals surface area contributed by atoms with Crippen LogP contribution in [-0.2, 0) is 16.1 Å². The highest BCUT2D eigenvalue weighted by Crippen LogP contribution is 2.19. The van der Waals surface area contributed by atoms with Gasteiger partial charge < -0.3 is 15.0 Å². The molecule has 5 heteroatoms. The molecule has 2 saturated heterocycles. The van der Waals surface area contributed by atoms with Gasteiger partial charge in [0.05, 0.1) is 12.0 Å². The van der Waals surface area contributed by atoms with Gasteiger partial charge in [-0.25, -0.2) is 0 Å². The zero-order chi connectivity index (χ0) is 15.2. The van der Waals surface area contributed by atoms with Crippen molar-refractivity contribution in [1.82, 2.24) is 10.2 Å². The molecule has 2 heterocycles. The summed E-state index contributed by atoms with van der Waals surface area (Å²) < 4.78 is 5.75. The van der Waals surface area contributed by atoms with Crippen molar-refractivity contribution in [2.75, 3.05) is 26.2 Å². The summed E-state index contributed by atoms with van der Waals surface area (Å²) in [5, 5.41) is 3.35. The van der Waals surface area contributed by atoms with Crippen molar-refractivity contribution >= 4 is 18.3 Å². The maximum Gasteiger partial charge on any atom is 0.227 e. The number of benzene rings is 1. The van der Waals surface area contributed by atoms with Gasteiger partial charge in [-0.3, -0.25) is 4.79 Å². The van der Waals surface area contributed by atoms with E-state index in [2.05, 4.69) is 17.4 Å². The lowest BCUT2D eigenvalue weighted by molar-refractivity contribution is -0.138. The summed E-state index contributed by atoms with van der Waals surface area (Å²) in [6, 6.07) is 10.3. The normalized spacial score (nSPS) is 24.0. The Kier molecular flexibility index (Phi) is 7.34. The Labute approximate surface area is 145 Å². The molecule has 4 nitrogen and oxygen atoms in total. The summed E-state index contributed by atoms with van der Waals surface area (Å²) in [5.41, 5.74) is 1.19. The summed E-state index contributed by atoms with van der Waals surface area (Å²) in [6.45, 7) is 4.10. The SMILES string of the molecule is Cl.O=C(C1CCCNC1)N(Cc1ccccc1)CC1CCCO1. The van der Waals surface area contributed by atoms with Gasteiger partial charge in [0.2, 0.25) is 5.91 Å². The van der Waals surface area contributed by atoms with E-state index in [1.807, 2.05) is 23.1 Å². The van der Waals surface area contributed by atoms with Crippen LogP contribution in [0.15, 0.2) is 30.3 Å². The zero-order valence-corrected chi connectivity index (χ0v) is 14.4. The molecule has 0 spiro atoms. The largest absolute Gasteiger partial charge is 0.376 e. The number of nitrogens with one attached hydrogen (secondary N) is 1. The number of piperidine rings is 1. The predicted octanol–water partition coefficient (Wildman–Crippen LogP) is 2.62. The van der Waals surface area contributed by atoms with Crippen LogP contribution in [-0.4, -0.2) is 43.2 Å². The second-order valence-corrected chi connectivity index (χ2v) is 6.38. The molecule has 0 radical (unpaired) electrons. The number of amides is 1. The standard InChI is InChI=1S/C18H26N2O2.ClH/c21-18(16-8-4-10-19-12-16)20(14-17-9-5-11-22-17)13-15-6-2-1-3-7-15;/h1-3,6-7,16-17,19H,4-5,8-14H2;1H. The lowest BCUT2D eigenvalue weighted by atomic mass is 9.97. The second kappa shape index (κ2) is 9.26. The second-order valence-electron chi connectivity index (χ2n) is 6.38. The Morgan fingerprint density at radius 3 is 2.70 bits per heavy atom. The third-order valence-corrected chi connectivity index (χ3v) is 4.62. The molecule has 1 amide bonds. The molecule has 1 aromatic rings. The lowest BCUT2D eigenvalue weighted by Gasteiger charge is -2.31. The molecule has 0 saturated carbocycles. The lowest BCUT2D eigenvalue weighted by Crippen LogP contribution is -2.45. The van der Waals surface area contributed by atoms with Crippen molar-refractivity contribution in [3.05, 3.63) is 35.9 Å². The van der Waals surface area contributed by atoms with Gasteiger partial charge in [-0.15, -0.1) is 12.4 Å².